The molecule has 4 nitrogen and oxygen atoms in total. The summed E-state index contributed by atoms with van der Waals surface area (Å²) in [4.78, 5) is 0. The third kappa shape index (κ3) is 2.72. The average Bonchev–Trinajstić information content (AvgIpc) is 2.65. The van der Waals surface area contributed by atoms with Crippen LogP contribution in [0.1, 0.15) is 45.4 Å². The van der Waals surface area contributed by atoms with Gasteiger partial charge in [-0.15, -0.1) is 0 Å². The normalized spacial score (nSPS) is 14.0. The van der Waals surface area contributed by atoms with Gasteiger partial charge in [0.1, 0.15) is 6.10 Å². The summed E-state index contributed by atoms with van der Waals surface area (Å²) in [6, 6.07) is 0. The van der Waals surface area contributed by atoms with Crippen molar-refractivity contribution in [1.82, 2.24) is 9.78 Å². The molecule has 1 atom stereocenters. The number of aliphatic hydroxyl groups excluding tert-OH is 1. The Bertz CT molecular complexity index is 342. The molecular weight excluding hydrogens is 284 g/mol. The summed E-state index contributed by atoms with van der Waals surface area (Å²) < 4.78 is 8.32. The standard InChI is InChI=1S/C12H21BrN2O2/c1-5-12(6-2,17-7-3)11(16)10-9(13)8-14-15(10)4/h8,11,16H,5-7H2,1-4H3. The maximum absolute atomic E-state index is 10.6. The molecule has 1 unspecified atom stereocenters. The first-order chi connectivity index (χ1) is 8.02. The van der Waals surface area contributed by atoms with Gasteiger partial charge in [0, 0.05) is 13.7 Å². The lowest BCUT2D eigenvalue weighted by atomic mass is 9.88. The second-order valence-corrected chi connectivity index (χ2v) is 4.96. The minimum atomic E-state index is -0.681. The molecule has 0 bridgehead atoms. The van der Waals surface area contributed by atoms with Crippen molar-refractivity contribution < 1.29 is 9.84 Å². The number of rotatable bonds is 6. The fourth-order valence-corrected chi connectivity index (χ4v) is 2.75. The summed E-state index contributed by atoms with van der Waals surface area (Å²) in [6.45, 7) is 6.61. The highest BCUT2D eigenvalue weighted by Gasteiger charge is 2.39. The molecule has 1 rings (SSSR count). The molecule has 0 aromatic carbocycles. The van der Waals surface area contributed by atoms with E-state index in [2.05, 4.69) is 21.0 Å². The summed E-state index contributed by atoms with van der Waals surface area (Å²) in [5, 5.41) is 14.7. The number of hydrogen-bond acceptors (Lipinski definition) is 3. The first-order valence-electron chi connectivity index (χ1n) is 6.01. The van der Waals surface area contributed by atoms with Gasteiger partial charge in [0.25, 0.3) is 0 Å². The van der Waals surface area contributed by atoms with Gasteiger partial charge in [-0.3, -0.25) is 4.68 Å². The van der Waals surface area contributed by atoms with Gasteiger partial charge < -0.3 is 9.84 Å². The quantitative estimate of drug-likeness (QED) is 0.879. The van der Waals surface area contributed by atoms with Gasteiger partial charge in [0.15, 0.2) is 0 Å². The molecule has 1 heterocycles. The highest BCUT2D eigenvalue weighted by atomic mass is 79.9. The first-order valence-corrected chi connectivity index (χ1v) is 6.81. The predicted molar refractivity (Wildman–Crippen MR) is 70.8 cm³/mol. The third-order valence-corrected chi connectivity index (χ3v) is 3.93. The molecule has 98 valence electrons. The van der Waals surface area contributed by atoms with E-state index in [1.54, 1.807) is 10.9 Å². The zero-order valence-corrected chi connectivity index (χ0v) is 12.5. The van der Waals surface area contributed by atoms with Gasteiger partial charge in [-0.2, -0.15) is 5.10 Å². The van der Waals surface area contributed by atoms with Gasteiger partial charge in [0.2, 0.25) is 0 Å². The Morgan fingerprint density at radius 1 is 1.47 bits per heavy atom. The molecule has 0 aliphatic heterocycles. The number of aryl methyl sites for hydroxylation is 1. The van der Waals surface area contributed by atoms with Crippen molar-refractivity contribution in [1.29, 1.82) is 0 Å². The van der Waals surface area contributed by atoms with Gasteiger partial charge in [0.05, 0.1) is 22.0 Å². The van der Waals surface area contributed by atoms with E-state index < -0.39 is 11.7 Å². The Balaban J connectivity index is 3.11. The monoisotopic (exact) mass is 304 g/mol. The van der Waals surface area contributed by atoms with Crippen LogP contribution in [0, 0.1) is 0 Å². The number of halogens is 1. The molecule has 0 fully saturated rings. The molecule has 0 saturated carbocycles. The highest BCUT2D eigenvalue weighted by molar-refractivity contribution is 9.10. The smallest absolute Gasteiger partial charge is 0.126 e. The van der Waals surface area contributed by atoms with Crippen LogP contribution in [0.5, 0.6) is 0 Å². The molecule has 17 heavy (non-hydrogen) atoms. The zero-order valence-electron chi connectivity index (χ0n) is 10.9. The second kappa shape index (κ2) is 5.98. The van der Waals surface area contributed by atoms with E-state index in [-0.39, 0.29) is 0 Å². The van der Waals surface area contributed by atoms with Crippen molar-refractivity contribution in [3.63, 3.8) is 0 Å². The van der Waals surface area contributed by atoms with Crippen LogP contribution in [-0.2, 0) is 11.8 Å². The van der Waals surface area contributed by atoms with E-state index in [1.807, 2.05) is 27.8 Å². The fourth-order valence-electron chi connectivity index (χ4n) is 2.18. The van der Waals surface area contributed by atoms with Crippen LogP contribution in [0.15, 0.2) is 10.7 Å². The Morgan fingerprint density at radius 3 is 2.41 bits per heavy atom. The molecular formula is C12H21BrN2O2. The zero-order chi connectivity index (χ0) is 13.1. The minimum absolute atomic E-state index is 0.537. The maximum Gasteiger partial charge on any atom is 0.126 e. The van der Waals surface area contributed by atoms with Crippen molar-refractivity contribution in [2.24, 2.45) is 7.05 Å². The molecule has 1 N–H and O–H groups in total. The SMILES string of the molecule is CCOC(CC)(CC)C(O)c1c(Br)cnn1C. The lowest BCUT2D eigenvalue weighted by Crippen LogP contribution is -2.39. The number of hydrogen-bond donors (Lipinski definition) is 1. The lowest BCUT2D eigenvalue weighted by molar-refractivity contribution is -0.130. The van der Waals surface area contributed by atoms with Crippen molar-refractivity contribution in [3.8, 4) is 0 Å². The van der Waals surface area contributed by atoms with E-state index in [0.29, 0.717) is 6.61 Å². The van der Waals surface area contributed by atoms with Crippen LogP contribution in [0.3, 0.4) is 0 Å². The number of nitrogens with zero attached hydrogens (tertiary/aromatic N) is 2. The average molecular weight is 305 g/mol. The van der Waals surface area contributed by atoms with E-state index >= 15 is 0 Å². The molecule has 0 aliphatic carbocycles. The van der Waals surface area contributed by atoms with Crippen molar-refractivity contribution >= 4 is 15.9 Å². The molecule has 5 heteroatoms. The van der Waals surface area contributed by atoms with Crippen LogP contribution < -0.4 is 0 Å². The molecule has 1 aromatic heterocycles. The third-order valence-electron chi connectivity index (χ3n) is 3.32. The first kappa shape index (κ1) is 14.7. The van der Waals surface area contributed by atoms with Gasteiger partial charge in [-0.25, -0.2) is 0 Å². The van der Waals surface area contributed by atoms with Gasteiger partial charge in [-0.05, 0) is 35.7 Å². The van der Waals surface area contributed by atoms with Gasteiger partial charge in [-0.1, -0.05) is 13.8 Å². The summed E-state index contributed by atoms with van der Waals surface area (Å²) in [6.07, 6.45) is 2.53. The van der Waals surface area contributed by atoms with E-state index in [4.69, 9.17) is 4.74 Å². The van der Waals surface area contributed by atoms with E-state index in [1.165, 1.54) is 0 Å². The predicted octanol–water partition coefficient (Wildman–Crippen LogP) is 2.81. The Hall–Kier alpha value is -0.390. The van der Waals surface area contributed by atoms with Crippen molar-refractivity contribution in [2.45, 2.75) is 45.3 Å². The summed E-state index contributed by atoms with van der Waals surface area (Å²) >= 11 is 3.42. The number of ether oxygens (including phenoxy) is 1. The molecule has 0 amide bonds. The van der Waals surface area contributed by atoms with Crippen LogP contribution in [0.2, 0.25) is 0 Å². The summed E-state index contributed by atoms with van der Waals surface area (Å²) in [5.41, 5.74) is 0.229. The molecule has 0 aliphatic rings. The molecule has 0 radical (unpaired) electrons. The highest BCUT2D eigenvalue weighted by Crippen LogP contribution is 2.37. The molecule has 1 aromatic rings. The lowest BCUT2D eigenvalue weighted by Gasteiger charge is -2.36. The maximum atomic E-state index is 10.6. The second-order valence-electron chi connectivity index (χ2n) is 4.11. The fraction of sp³-hybridized carbons (Fsp3) is 0.750. The van der Waals surface area contributed by atoms with Crippen LogP contribution in [0.4, 0.5) is 0 Å². The van der Waals surface area contributed by atoms with Gasteiger partial charge >= 0.3 is 0 Å². The number of aromatic nitrogens is 2. The van der Waals surface area contributed by atoms with E-state index in [0.717, 1.165) is 23.0 Å². The minimum Gasteiger partial charge on any atom is -0.384 e. The summed E-state index contributed by atoms with van der Waals surface area (Å²) in [5.74, 6) is 0. The van der Waals surface area contributed by atoms with Crippen molar-refractivity contribution in [2.75, 3.05) is 6.61 Å². The number of aliphatic hydroxyl groups is 1. The van der Waals surface area contributed by atoms with Crippen LogP contribution >= 0.6 is 15.9 Å². The summed E-state index contributed by atoms with van der Waals surface area (Å²) in [7, 11) is 1.82. The van der Waals surface area contributed by atoms with Crippen molar-refractivity contribution in [3.05, 3.63) is 16.4 Å². The Kier molecular flexibility index (Phi) is 5.16. The Morgan fingerprint density at radius 2 is 2.06 bits per heavy atom. The van der Waals surface area contributed by atoms with Crippen LogP contribution in [0.25, 0.3) is 0 Å². The molecule has 0 spiro atoms. The topological polar surface area (TPSA) is 47.3 Å². The molecule has 0 saturated heterocycles. The van der Waals surface area contributed by atoms with E-state index in [9.17, 15) is 5.11 Å². The van der Waals surface area contributed by atoms with Crippen LogP contribution in [-0.4, -0.2) is 27.1 Å². The largest absolute Gasteiger partial charge is 0.384 e. The Labute approximate surface area is 111 Å².